The van der Waals surface area contributed by atoms with Crippen molar-refractivity contribution in [2.45, 2.75) is 25.8 Å². The van der Waals surface area contributed by atoms with Crippen LogP contribution < -0.4 is 15.8 Å². The number of nitrogens with one attached hydrogen (secondary N) is 1. The number of carbonyl (C=O) groups is 1. The third kappa shape index (κ3) is 4.75. The lowest BCUT2D eigenvalue weighted by Crippen LogP contribution is -2.20. The van der Waals surface area contributed by atoms with Gasteiger partial charge in [-0.3, -0.25) is 4.79 Å². The molecule has 0 spiro atoms. The second-order valence-corrected chi connectivity index (χ2v) is 4.81. The van der Waals surface area contributed by atoms with Crippen LogP contribution in [0.1, 0.15) is 24.8 Å². The Hall–Kier alpha value is -1.55. The van der Waals surface area contributed by atoms with E-state index in [0.717, 1.165) is 19.0 Å². The van der Waals surface area contributed by atoms with Gasteiger partial charge < -0.3 is 15.8 Å². The molecule has 98 valence electrons. The Morgan fingerprint density at radius 3 is 2.67 bits per heavy atom. The van der Waals surface area contributed by atoms with Crippen LogP contribution in [0.25, 0.3) is 0 Å². The second kappa shape index (κ2) is 6.40. The number of amides is 1. The van der Waals surface area contributed by atoms with Gasteiger partial charge in [0.05, 0.1) is 0 Å². The molecule has 1 aliphatic carbocycles. The van der Waals surface area contributed by atoms with Gasteiger partial charge in [-0.2, -0.15) is 0 Å². The third-order valence-electron chi connectivity index (χ3n) is 3.06. The molecule has 2 rings (SSSR count). The van der Waals surface area contributed by atoms with Crippen molar-refractivity contribution in [3.8, 4) is 5.75 Å². The molecule has 18 heavy (non-hydrogen) atoms. The number of hydrogen-bond acceptors (Lipinski definition) is 3. The van der Waals surface area contributed by atoms with Gasteiger partial charge in [0, 0.05) is 6.54 Å². The lowest BCUT2D eigenvalue weighted by Gasteiger charge is -2.06. The first-order chi connectivity index (χ1) is 8.74. The van der Waals surface area contributed by atoms with Gasteiger partial charge in [-0.15, -0.1) is 0 Å². The number of benzene rings is 1. The molecule has 1 aliphatic rings. The highest BCUT2D eigenvalue weighted by atomic mass is 16.5. The summed E-state index contributed by atoms with van der Waals surface area (Å²) < 4.78 is 5.19. The van der Waals surface area contributed by atoms with Crippen molar-refractivity contribution in [1.29, 1.82) is 0 Å². The molecule has 3 N–H and O–H groups in total. The van der Waals surface area contributed by atoms with Gasteiger partial charge in [0.15, 0.2) is 6.61 Å². The van der Waals surface area contributed by atoms with Crippen molar-refractivity contribution < 1.29 is 9.53 Å². The molecule has 4 heteroatoms. The molecule has 0 atom stereocenters. The minimum Gasteiger partial charge on any atom is -0.484 e. The summed E-state index contributed by atoms with van der Waals surface area (Å²) in [7, 11) is 0. The highest BCUT2D eigenvalue weighted by molar-refractivity contribution is 5.75. The predicted octanol–water partition coefficient (Wildman–Crippen LogP) is 1.44. The van der Waals surface area contributed by atoms with Gasteiger partial charge >= 0.3 is 0 Å². The molecule has 1 saturated carbocycles. The summed E-state index contributed by atoms with van der Waals surface area (Å²) >= 11 is 0. The van der Waals surface area contributed by atoms with Crippen LogP contribution in [0.4, 0.5) is 0 Å². The fraction of sp³-hybridized carbons (Fsp3) is 0.500. The predicted molar refractivity (Wildman–Crippen MR) is 70.2 cm³/mol. The quantitative estimate of drug-likeness (QED) is 0.684. The first-order valence-corrected chi connectivity index (χ1v) is 6.45. The number of ether oxygens (including phenoxy) is 1. The Bertz CT molecular complexity index is 385. The average Bonchev–Trinajstić information content (AvgIpc) is 3.17. The minimum atomic E-state index is -0.458. The standard InChI is InChI=1S/C14H20N2O2/c15-14(17)10-18-13-5-3-12(4-6-13)9-16-8-7-11-1-2-11/h3-6,11,16H,1-2,7-10H2,(H2,15,17). The molecule has 0 heterocycles. The van der Waals surface area contributed by atoms with Crippen LogP contribution in [-0.2, 0) is 11.3 Å². The number of rotatable bonds is 8. The van der Waals surface area contributed by atoms with E-state index in [1.54, 1.807) is 0 Å². The summed E-state index contributed by atoms with van der Waals surface area (Å²) in [5.41, 5.74) is 6.23. The average molecular weight is 248 g/mol. The third-order valence-corrected chi connectivity index (χ3v) is 3.06. The van der Waals surface area contributed by atoms with Crippen molar-refractivity contribution in [3.63, 3.8) is 0 Å². The van der Waals surface area contributed by atoms with E-state index in [2.05, 4.69) is 5.32 Å². The molecular weight excluding hydrogens is 228 g/mol. The van der Waals surface area contributed by atoms with Crippen LogP contribution in [0.15, 0.2) is 24.3 Å². The summed E-state index contributed by atoms with van der Waals surface area (Å²) in [6, 6.07) is 7.72. The highest BCUT2D eigenvalue weighted by Crippen LogP contribution is 2.31. The monoisotopic (exact) mass is 248 g/mol. The van der Waals surface area contributed by atoms with E-state index >= 15 is 0 Å². The Morgan fingerprint density at radius 2 is 2.06 bits per heavy atom. The molecule has 0 aromatic heterocycles. The van der Waals surface area contributed by atoms with Crippen molar-refractivity contribution in [2.75, 3.05) is 13.2 Å². The van der Waals surface area contributed by atoms with Crippen molar-refractivity contribution in [1.82, 2.24) is 5.32 Å². The molecule has 1 fully saturated rings. The largest absolute Gasteiger partial charge is 0.484 e. The summed E-state index contributed by atoms with van der Waals surface area (Å²) in [5, 5.41) is 3.43. The van der Waals surface area contributed by atoms with E-state index in [9.17, 15) is 4.79 Å². The second-order valence-electron chi connectivity index (χ2n) is 4.81. The minimum absolute atomic E-state index is 0.0705. The summed E-state index contributed by atoms with van der Waals surface area (Å²) in [6.45, 7) is 1.90. The first kappa shape index (κ1) is 12.9. The maximum atomic E-state index is 10.6. The van der Waals surface area contributed by atoms with Crippen LogP contribution in [0, 0.1) is 5.92 Å². The summed E-state index contributed by atoms with van der Waals surface area (Å²) in [6.07, 6.45) is 4.11. The van der Waals surface area contributed by atoms with Crippen LogP contribution in [0.2, 0.25) is 0 Å². The van der Waals surface area contributed by atoms with Gasteiger partial charge in [0.1, 0.15) is 5.75 Å². The summed E-state index contributed by atoms with van der Waals surface area (Å²) in [5.74, 6) is 1.19. The highest BCUT2D eigenvalue weighted by Gasteiger charge is 2.19. The SMILES string of the molecule is NC(=O)COc1ccc(CNCCC2CC2)cc1. The van der Waals surface area contributed by atoms with Crippen LogP contribution in [0.5, 0.6) is 5.75 Å². The van der Waals surface area contributed by atoms with Crippen molar-refractivity contribution in [3.05, 3.63) is 29.8 Å². The molecule has 1 aromatic rings. The normalized spacial score (nSPS) is 14.4. The molecule has 0 aliphatic heterocycles. The molecule has 4 nitrogen and oxygen atoms in total. The maximum Gasteiger partial charge on any atom is 0.255 e. The van der Waals surface area contributed by atoms with Gasteiger partial charge in [0.25, 0.3) is 5.91 Å². The number of nitrogens with two attached hydrogens (primary N) is 1. The maximum absolute atomic E-state index is 10.6. The Labute approximate surface area is 108 Å². The van der Waals surface area contributed by atoms with Crippen LogP contribution in [-0.4, -0.2) is 19.1 Å². The summed E-state index contributed by atoms with van der Waals surface area (Å²) in [4.78, 5) is 10.6. The Balaban J connectivity index is 1.67. The van der Waals surface area contributed by atoms with E-state index in [4.69, 9.17) is 10.5 Å². The fourth-order valence-corrected chi connectivity index (χ4v) is 1.80. The lowest BCUT2D eigenvalue weighted by molar-refractivity contribution is -0.119. The molecule has 0 unspecified atom stereocenters. The molecule has 1 aromatic carbocycles. The zero-order valence-electron chi connectivity index (χ0n) is 10.5. The zero-order valence-corrected chi connectivity index (χ0v) is 10.5. The number of hydrogen-bond donors (Lipinski definition) is 2. The van der Waals surface area contributed by atoms with Crippen molar-refractivity contribution in [2.24, 2.45) is 11.7 Å². The van der Waals surface area contributed by atoms with E-state index in [-0.39, 0.29) is 6.61 Å². The van der Waals surface area contributed by atoms with E-state index in [0.29, 0.717) is 5.75 Å². The molecule has 1 amide bonds. The van der Waals surface area contributed by atoms with Gasteiger partial charge in [-0.1, -0.05) is 25.0 Å². The van der Waals surface area contributed by atoms with Crippen LogP contribution in [0.3, 0.4) is 0 Å². The van der Waals surface area contributed by atoms with Gasteiger partial charge in [-0.05, 0) is 36.6 Å². The van der Waals surface area contributed by atoms with E-state index in [1.165, 1.54) is 24.8 Å². The first-order valence-electron chi connectivity index (χ1n) is 6.45. The van der Waals surface area contributed by atoms with Gasteiger partial charge in [0.2, 0.25) is 0 Å². The van der Waals surface area contributed by atoms with Crippen LogP contribution >= 0.6 is 0 Å². The fourth-order valence-electron chi connectivity index (χ4n) is 1.80. The number of carbonyl (C=O) groups excluding carboxylic acids is 1. The topological polar surface area (TPSA) is 64.4 Å². The Morgan fingerprint density at radius 1 is 1.33 bits per heavy atom. The molecule has 0 bridgehead atoms. The molecule has 0 saturated heterocycles. The van der Waals surface area contributed by atoms with Gasteiger partial charge in [-0.25, -0.2) is 0 Å². The zero-order chi connectivity index (χ0) is 12.8. The lowest BCUT2D eigenvalue weighted by atomic mass is 10.2. The molecular formula is C14H20N2O2. The van der Waals surface area contributed by atoms with E-state index < -0.39 is 5.91 Å². The van der Waals surface area contributed by atoms with Crippen molar-refractivity contribution >= 4 is 5.91 Å². The smallest absolute Gasteiger partial charge is 0.255 e. The number of primary amides is 1. The van der Waals surface area contributed by atoms with E-state index in [1.807, 2.05) is 24.3 Å². The molecule has 0 radical (unpaired) electrons. The Kier molecular flexibility index (Phi) is 4.59.